The minimum Gasteiger partial charge on any atom is -0.335 e. The van der Waals surface area contributed by atoms with Gasteiger partial charge in [0, 0.05) is 38.6 Å². The van der Waals surface area contributed by atoms with E-state index >= 15 is 0 Å². The van der Waals surface area contributed by atoms with Gasteiger partial charge in [0.1, 0.15) is 0 Å². The van der Waals surface area contributed by atoms with Crippen LogP contribution < -0.4 is 10.6 Å². The minimum atomic E-state index is -0.902. The van der Waals surface area contributed by atoms with E-state index in [9.17, 15) is 9.00 Å². The monoisotopic (exact) mass is 316 g/mol. The van der Waals surface area contributed by atoms with Gasteiger partial charge >= 0.3 is 6.03 Å². The van der Waals surface area contributed by atoms with Crippen molar-refractivity contribution < 1.29 is 9.00 Å². The Morgan fingerprint density at radius 2 is 2.05 bits per heavy atom. The summed E-state index contributed by atoms with van der Waals surface area (Å²) in [5.41, 5.74) is 1.29. The largest absolute Gasteiger partial charge is 0.335 e. The van der Waals surface area contributed by atoms with Gasteiger partial charge in [-0.05, 0) is 38.8 Å². The minimum absolute atomic E-state index is 0.0154. The number of thiophene rings is 1. The second kappa shape index (κ2) is 7.78. The molecule has 0 bridgehead atoms. The Morgan fingerprint density at radius 3 is 2.55 bits per heavy atom. The van der Waals surface area contributed by atoms with E-state index in [0.29, 0.717) is 5.75 Å². The van der Waals surface area contributed by atoms with Gasteiger partial charge in [0.15, 0.2) is 0 Å². The molecule has 0 aliphatic rings. The van der Waals surface area contributed by atoms with Crippen molar-refractivity contribution in [1.82, 2.24) is 10.6 Å². The Kier molecular flexibility index (Phi) is 6.68. The highest BCUT2D eigenvalue weighted by Gasteiger charge is 2.15. The number of rotatable bonds is 6. The highest BCUT2D eigenvalue weighted by atomic mass is 32.2. The van der Waals surface area contributed by atoms with Crippen LogP contribution in [0.4, 0.5) is 4.79 Å². The Bertz CT molecular complexity index is 486. The maximum Gasteiger partial charge on any atom is 0.315 e. The summed E-state index contributed by atoms with van der Waals surface area (Å²) in [7, 11) is -0.902. The number of nitrogens with one attached hydrogen (secondary N) is 2. The van der Waals surface area contributed by atoms with Crippen LogP contribution in [0, 0.1) is 6.92 Å². The predicted molar refractivity (Wildman–Crippen MR) is 86.9 cm³/mol. The molecule has 2 amide bonds. The van der Waals surface area contributed by atoms with Crippen molar-refractivity contribution in [2.75, 3.05) is 12.0 Å². The maximum atomic E-state index is 11.9. The van der Waals surface area contributed by atoms with Crippen molar-refractivity contribution in [2.45, 2.75) is 46.2 Å². The lowest BCUT2D eigenvalue weighted by Gasteiger charge is -2.16. The molecule has 1 rings (SSSR count). The summed E-state index contributed by atoms with van der Waals surface area (Å²) in [6.45, 7) is 8.08. The summed E-state index contributed by atoms with van der Waals surface area (Å²) in [6, 6.07) is 1.82. The topological polar surface area (TPSA) is 58.2 Å². The van der Waals surface area contributed by atoms with Crippen LogP contribution in [0.25, 0.3) is 0 Å². The lowest BCUT2D eigenvalue weighted by Crippen LogP contribution is -2.43. The van der Waals surface area contributed by atoms with E-state index in [1.807, 2.05) is 13.8 Å². The zero-order valence-corrected chi connectivity index (χ0v) is 14.4. The van der Waals surface area contributed by atoms with E-state index in [1.54, 1.807) is 17.6 Å². The molecule has 1 heterocycles. The molecule has 0 fully saturated rings. The number of carbonyl (C=O) groups excluding carboxylic acids is 1. The van der Waals surface area contributed by atoms with E-state index in [-0.39, 0.29) is 18.1 Å². The third kappa shape index (κ3) is 5.25. The van der Waals surface area contributed by atoms with Crippen molar-refractivity contribution >= 4 is 28.2 Å². The third-order valence-corrected chi connectivity index (χ3v) is 5.53. The van der Waals surface area contributed by atoms with Gasteiger partial charge in [-0.15, -0.1) is 11.3 Å². The van der Waals surface area contributed by atoms with Gasteiger partial charge in [0.2, 0.25) is 0 Å². The molecule has 0 aromatic carbocycles. The van der Waals surface area contributed by atoms with Gasteiger partial charge < -0.3 is 10.6 Å². The standard InChI is InChI=1S/C14H24N2O2S2/c1-6-12-9(2)7-13(19-12)11(4)16-14(17)15-10(3)8-20(5)18/h7,10-11H,6,8H2,1-5H3,(H2,15,16,17). The molecular formula is C14H24N2O2S2. The first-order chi connectivity index (χ1) is 9.33. The molecule has 1 aromatic rings. The second-order valence-electron chi connectivity index (χ2n) is 5.09. The van der Waals surface area contributed by atoms with Crippen LogP contribution in [-0.2, 0) is 17.2 Å². The Morgan fingerprint density at radius 1 is 1.40 bits per heavy atom. The van der Waals surface area contributed by atoms with Gasteiger partial charge in [-0.25, -0.2) is 4.79 Å². The first-order valence-corrected chi connectivity index (χ1v) is 9.34. The van der Waals surface area contributed by atoms with Gasteiger partial charge in [-0.3, -0.25) is 4.21 Å². The summed E-state index contributed by atoms with van der Waals surface area (Å²) >= 11 is 1.75. The van der Waals surface area contributed by atoms with Crippen molar-refractivity contribution in [1.29, 1.82) is 0 Å². The summed E-state index contributed by atoms with van der Waals surface area (Å²) in [6.07, 6.45) is 2.66. The molecule has 2 N–H and O–H groups in total. The first kappa shape index (κ1) is 17.2. The number of hydrogen-bond acceptors (Lipinski definition) is 3. The fourth-order valence-corrected chi connectivity index (χ4v) is 3.95. The zero-order chi connectivity index (χ0) is 15.3. The van der Waals surface area contributed by atoms with Crippen molar-refractivity contribution in [2.24, 2.45) is 0 Å². The average molecular weight is 316 g/mol. The molecule has 0 saturated heterocycles. The summed E-state index contributed by atoms with van der Waals surface area (Å²) in [5.74, 6) is 0.472. The van der Waals surface area contributed by atoms with Gasteiger partial charge in [0.05, 0.1) is 6.04 Å². The number of hydrogen-bond donors (Lipinski definition) is 2. The Balaban J connectivity index is 2.54. The molecule has 0 radical (unpaired) electrons. The fraction of sp³-hybridized carbons (Fsp3) is 0.643. The molecule has 6 heteroatoms. The molecule has 4 nitrogen and oxygen atoms in total. The molecule has 0 aliphatic carbocycles. The third-order valence-electron chi connectivity index (χ3n) is 3.00. The quantitative estimate of drug-likeness (QED) is 0.848. The van der Waals surface area contributed by atoms with Gasteiger partial charge in [0.25, 0.3) is 0 Å². The molecule has 0 spiro atoms. The van der Waals surface area contributed by atoms with E-state index < -0.39 is 10.8 Å². The van der Waals surface area contributed by atoms with Gasteiger partial charge in [-0.1, -0.05) is 6.92 Å². The normalized spacial score (nSPS) is 15.4. The lowest BCUT2D eigenvalue weighted by atomic mass is 10.2. The molecule has 0 saturated carbocycles. The van der Waals surface area contributed by atoms with Crippen LogP contribution >= 0.6 is 11.3 Å². The average Bonchev–Trinajstić information content (AvgIpc) is 2.68. The van der Waals surface area contributed by atoms with E-state index in [0.717, 1.165) is 6.42 Å². The molecule has 114 valence electrons. The highest BCUT2D eigenvalue weighted by Crippen LogP contribution is 2.27. The van der Waals surface area contributed by atoms with Crippen LogP contribution in [0.1, 0.15) is 42.1 Å². The van der Waals surface area contributed by atoms with Crippen LogP contribution in [0.15, 0.2) is 6.07 Å². The maximum absolute atomic E-state index is 11.9. The molecule has 1 aromatic heterocycles. The van der Waals surface area contributed by atoms with Crippen LogP contribution in [0.3, 0.4) is 0 Å². The highest BCUT2D eigenvalue weighted by molar-refractivity contribution is 7.84. The zero-order valence-electron chi connectivity index (χ0n) is 12.8. The lowest BCUT2D eigenvalue weighted by molar-refractivity contribution is 0.236. The van der Waals surface area contributed by atoms with Gasteiger partial charge in [-0.2, -0.15) is 0 Å². The van der Waals surface area contributed by atoms with Crippen molar-refractivity contribution in [3.05, 3.63) is 21.4 Å². The van der Waals surface area contributed by atoms with E-state index in [4.69, 9.17) is 0 Å². The Hall–Kier alpha value is -0.880. The number of carbonyl (C=O) groups is 1. The summed E-state index contributed by atoms with van der Waals surface area (Å²) < 4.78 is 11.1. The Labute approximate surface area is 127 Å². The number of amides is 2. The molecule has 0 aliphatic heterocycles. The summed E-state index contributed by atoms with van der Waals surface area (Å²) in [4.78, 5) is 14.4. The SMILES string of the molecule is CCc1sc(C(C)NC(=O)NC(C)CS(C)=O)cc1C. The van der Waals surface area contributed by atoms with E-state index in [2.05, 4.69) is 30.5 Å². The predicted octanol–water partition coefficient (Wildman–Crippen LogP) is 2.75. The number of urea groups is 1. The smallest absolute Gasteiger partial charge is 0.315 e. The summed E-state index contributed by atoms with van der Waals surface area (Å²) in [5, 5.41) is 5.74. The molecule has 3 unspecified atom stereocenters. The second-order valence-corrected chi connectivity index (χ2v) is 7.74. The van der Waals surface area contributed by atoms with Crippen LogP contribution in [0.2, 0.25) is 0 Å². The molecular weight excluding hydrogens is 292 g/mol. The molecule has 20 heavy (non-hydrogen) atoms. The number of aryl methyl sites for hydroxylation is 2. The molecule has 3 atom stereocenters. The first-order valence-electron chi connectivity index (χ1n) is 6.79. The van der Waals surface area contributed by atoms with Crippen molar-refractivity contribution in [3.63, 3.8) is 0 Å². The fourth-order valence-electron chi connectivity index (χ4n) is 2.04. The van der Waals surface area contributed by atoms with Crippen molar-refractivity contribution in [3.8, 4) is 0 Å². The van der Waals surface area contributed by atoms with Crippen LogP contribution in [-0.4, -0.2) is 28.3 Å². The van der Waals surface area contributed by atoms with E-state index in [1.165, 1.54) is 15.3 Å². The van der Waals surface area contributed by atoms with Crippen LogP contribution in [0.5, 0.6) is 0 Å².